The number of para-hydroxylation sites is 1. The van der Waals surface area contributed by atoms with E-state index in [2.05, 4.69) is 5.32 Å². The van der Waals surface area contributed by atoms with Crippen LogP contribution in [0.25, 0.3) is 0 Å². The molecule has 0 saturated heterocycles. The maximum Gasteiger partial charge on any atom is 0.230 e. The Bertz CT molecular complexity index is 724. The molecule has 0 heterocycles. The van der Waals surface area contributed by atoms with Crippen molar-refractivity contribution in [2.75, 3.05) is 12.4 Å². The third-order valence-corrected chi connectivity index (χ3v) is 5.22. The molecule has 1 N–H and O–H groups in total. The normalized spacial score (nSPS) is 11.8. The van der Waals surface area contributed by atoms with E-state index in [1.807, 2.05) is 50.2 Å². The summed E-state index contributed by atoms with van der Waals surface area (Å²) in [7, 11) is 0. The van der Waals surface area contributed by atoms with Gasteiger partial charge in [0.05, 0.1) is 21.8 Å². The second-order valence-electron chi connectivity index (χ2n) is 5.79. The minimum absolute atomic E-state index is 0.00839. The van der Waals surface area contributed by atoms with Gasteiger partial charge in [-0.3, -0.25) is 4.79 Å². The standard InChI is InChI=1S/C19H21Cl2NO2S/c1-13-5-3-4-6-18(13)24-10-14(2)22-19(23)12-25-11-15-7-8-16(20)17(21)9-15/h3-9,14H,10-12H2,1-2H3,(H,22,23)/t14-/m1/s1. The van der Waals surface area contributed by atoms with Gasteiger partial charge in [0.2, 0.25) is 5.91 Å². The summed E-state index contributed by atoms with van der Waals surface area (Å²) in [4.78, 5) is 12.0. The van der Waals surface area contributed by atoms with Crippen molar-refractivity contribution in [2.45, 2.75) is 25.6 Å². The SMILES string of the molecule is Cc1ccccc1OC[C@@H](C)NC(=O)CSCc1ccc(Cl)c(Cl)c1. The molecule has 0 radical (unpaired) electrons. The fraction of sp³-hybridized carbons (Fsp3) is 0.316. The van der Waals surface area contributed by atoms with Crippen LogP contribution in [0.15, 0.2) is 42.5 Å². The summed E-state index contributed by atoms with van der Waals surface area (Å²) in [5, 5.41) is 4.02. The van der Waals surface area contributed by atoms with Crippen LogP contribution in [0.4, 0.5) is 0 Å². The van der Waals surface area contributed by atoms with Crippen LogP contribution in [0.3, 0.4) is 0 Å². The molecule has 0 aliphatic carbocycles. The van der Waals surface area contributed by atoms with Gasteiger partial charge in [0.25, 0.3) is 0 Å². The second-order valence-corrected chi connectivity index (χ2v) is 7.59. The first-order valence-corrected chi connectivity index (χ1v) is 9.86. The van der Waals surface area contributed by atoms with E-state index >= 15 is 0 Å². The smallest absolute Gasteiger partial charge is 0.230 e. The van der Waals surface area contributed by atoms with Gasteiger partial charge in [-0.2, -0.15) is 0 Å². The number of carbonyl (C=O) groups is 1. The molecule has 0 bridgehead atoms. The fourth-order valence-electron chi connectivity index (χ4n) is 2.18. The van der Waals surface area contributed by atoms with Gasteiger partial charge in [-0.25, -0.2) is 0 Å². The number of amides is 1. The molecule has 2 rings (SSSR count). The number of ether oxygens (including phenoxy) is 1. The maximum atomic E-state index is 12.0. The van der Waals surface area contributed by atoms with E-state index in [9.17, 15) is 4.79 Å². The Balaban J connectivity index is 1.69. The third kappa shape index (κ3) is 6.81. The summed E-state index contributed by atoms with van der Waals surface area (Å²) in [6.07, 6.45) is 0. The minimum atomic E-state index is -0.0577. The van der Waals surface area contributed by atoms with Gasteiger partial charge in [-0.05, 0) is 43.2 Å². The lowest BCUT2D eigenvalue weighted by atomic mass is 10.2. The average molecular weight is 398 g/mol. The van der Waals surface area contributed by atoms with E-state index in [0.717, 1.165) is 16.9 Å². The molecule has 0 unspecified atom stereocenters. The third-order valence-electron chi connectivity index (χ3n) is 3.48. The van der Waals surface area contributed by atoms with Crippen LogP contribution in [0, 0.1) is 6.92 Å². The molecule has 3 nitrogen and oxygen atoms in total. The lowest BCUT2D eigenvalue weighted by molar-refractivity contribution is -0.119. The minimum Gasteiger partial charge on any atom is -0.491 e. The monoisotopic (exact) mass is 397 g/mol. The number of nitrogens with one attached hydrogen (secondary N) is 1. The summed E-state index contributed by atoms with van der Waals surface area (Å²) < 4.78 is 5.75. The zero-order chi connectivity index (χ0) is 18.2. The Morgan fingerprint density at radius 2 is 1.96 bits per heavy atom. The zero-order valence-corrected chi connectivity index (χ0v) is 16.5. The number of hydrogen-bond donors (Lipinski definition) is 1. The van der Waals surface area contributed by atoms with Crippen molar-refractivity contribution in [3.8, 4) is 5.75 Å². The van der Waals surface area contributed by atoms with Crippen LogP contribution < -0.4 is 10.1 Å². The van der Waals surface area contributed by atoms with Gasteiger partial charge in [0.15, 0.2) is 0 Å². The number of halogens is 2. The van der Waals surface area contributed by atoms with Gasteiger partial charge in [0, 0.05) is 5.75 Å². The quantitative estimate of drug-likeness (QED) is 0.671. The largest absolute Gasteiger partial charge is 0.491 e. The summed E-state index contributed by atoms with van der Waals surface area (Å²) in [6, 6.07) is 13.3. The molecule has 2 aromatic rings. The van der Waals surface area contributed by atoms with Crippen molar-refractivity contribution in [1.82, 2.24) is 5.32 Å². The molecule has 0 aliphatic rings. The predicted molar refractivity (Wildman–Crippen MR) is 107 cm³/mol. The van der Waals surface area contributed by atoms with Gasteiger partial charge in [-0.1, -0.05) is 47.5 Å². The molecule has 0 aromatic heterocycles. The summed E-state index contributed by atoms with van der Waals surface area (Å²) in [5.74, 6) is 1.93. The van der Waals surface area contributed by atoms with E-state index in [1.54, 1.807) is 6.07 Å². The van der Waals surface area contributed by atoms with Gasteiger partial charge in [-0.15, -0.1) is 11.8 Å². The highest BCUT2D eigenvalue weighted by Gasteiger charge is 2.09. The number of carbonyl (C=O) groups excluding carboxylic acids is 1. The molecule has 0 aliphatic heterocycles. The topological polar surface area (TPSA) is 38.3 Å². The predicted octanol–water partition coefficient (Wildman–Crippen LogP) is 5.12. The molecule has 25 heavy (non-hydrogen) atoms. The van der Waals surface area contributed by atoms with Crippen molar-refractivity contribution in [3.63, 3.8) is 0 Å². The van der Waals surface area contributed by atoms with Crippen LogP contribution in [0.1, 0.15) is 18.1 Å². The molecule has 6 heteroatoms. The average Bonchev–Trinajstić information content (AvgIpc) is 2.57. The summed E-state index contributed by atoms with van der Waals surface area (Å²) >= 11 is 13.4. The van der Waals surface area contributed by atoms with Gasteiger partial charge >= 0.3 is 0 Å². The molecule has 134 valence electrons. The Kier molecular flexibility index (Phi) is 7.94. The summed E-state index contributed by atoms with van der Waals surface area (Å²) in [6.45, 7) is 4.37. The lowest BCUT2D eigenvalue weighted by Gasteiger charge is -2.16. The fourth-order valence-corrected chi connectivity index (χ4v) is 3.29. The van der Waals surface area contributed by atoms with Crippen LogP contribution in [0.5, 0.6) is 5.75 Å². The highest BCUT2D eigenvalue weighted by molar-refractivity contribution is 7.99. The molecular formula is C19H21Cl2NO2S. The first kappa shape index (κ1) is 20.0. The number of hydrogen-bond acceptors (Lipinski definition) is 3. The van der Waals surface area contributed by atoms with Crippen LogP contribution in [0.2, 0.25) is 10.0 Å². The lowest BCUT2D eigenvalue weighted by Crippen LogP contribution is -2.37. The van der Waals surface area contributed by atoms with E-state index in [-0.39, 0.29) is 11.9 Å². The van der Waals surface area contributed by atoms with E-state index in [0.29, 0.717) is 28.2 Å². The molecule has 2 aromatic carbocycles. The zero-order valence-electron chi connectivity index (χ0n) is 14.2. The van der Waals surface area contributed by atoms with E-state index in [4.69, 9.17) is 27.9 Å². The number of benzene rings is 2. The number of aryl methyl sites for hydroxylation is 1. The van der Waals surface area contributed by atoms with Crippen LogP contribution in [-0.4, -0.2) is 24.3 Å². The van der Waals surface area contributed by atoms with Gasteiger partial charge < -0.3 is 10.1 Å². The van der Waals surface area contributed by atoms with Crippen molar-refractivity contribution in [3.05, 3.63) is 63.6 Å². The molecule has 1 atom stereocenters. The van der Waals surface area contributed by atoms with E-state index in [1.165, 1.54) is 11.8 Å². The molecular weight excluding hydrogens is 377 g/mol. The van der Waals surface area contributed by atoms with Gasteiger partial charge in [0.1, 0.15) is 12.4 Å². The Morgan fingerprint density at radius 3 is 2.68 bits per heavy atom. The van der Waals surface area contributed by atoms with E-state index < -0.39 is 0 Å². The highest BCUT2D eigenvalue weighted by atomic mass is 35.5. The van der Waals surface area contributed by atoms with Crippen molar-refractivity contribution >= 4 is 40.9 Å². The Morgan fingerprint density at radius 1 is 1.20 bits per heavy atom. The number of rotatable bonds is 8. The van der Waals surface area contributed by atoms with Crippen molar-refractivity contribution in [2.24, 2.45) is 0 Å². The molecule has 0 fully saturated rings. The van der Waals surface area contributed by atoms with Crippen molar-refractivity contribution < 1.29 is 9.53 Å². The summed E-state index contributed by atoms with van der Waals surface area (Å²) in [5.41, 5.74) is 2.13. The second kappa shape index (κ2) is 9.95. The number of thioether (sulfide) groups is 1. The first-order chi connectivity index (χ1) is 12.0. The molecule has 0 spiro atoms. The maximum absolute atomic E-state index is 12.0. The molecule has 1 amide bonds. The van der Waals surface area contributed by atoms with Crippen molar-refractivity contribution in [1.29, 1.82) is 0 Å². The van der Waals surface area contributed by atoms with Crippen LogP contribution >= 0.6 is 35.0 Å². The Labute approximate surface area is 163 Å². The Hall–Kier alpha value is -1.36. The first-order valence-electron chi connectivity index (χ1n) is 7.95. The highest BCUT2D eigenvalue weighted by Crippen LogP contribution is 2.24. The van der Waals surface area contributed by atoms with Crippen LogP contribution in [-0.2, 0) is 10.5 Å². The molecule has 0 saturated carbocycles.